The Hall–Kier alpha value is -3.23. The van der Waals surface area contributed by atoms with Gasteiger partial charge in [-0.1, -0.05) is 83.3 Å². The number of carbonyl (C=O) groups excluding carboxylic acids is 2. The topological polar surface area (TPSA) is 139 Å². The molecule has 10 nitrogen and oxygen atoms in total. The van der Waals surface area contributed by atoms with E-state index in [0.717, 1.165) is 33.5 Å². The van der Waals surface area contributed by atoms with E-state index in [1.165, 1.54) is 29.6 Å². The van der Waals surface area contributed by atoms with Crippen LogP contribution in [-0.4, -0.2) is 55.1 Å². The highest BCUT2D eigenvalue weighted by Crippen LogP contribution is 2.24. The van der Waals surface area contributed by atoms with Crippen molar-refractivity contribution >= 4 is 56.5 Å². The zero-order chi connectivity index (χ0) is 27.5. The molecule has 0 aliphatic carbocycles. The zero-order valence-electron chi connectivity index (χ0n) is 21.1. The molecule has 4 aromatic rings. The van der Waals surface area contributed by atoms with Gasteiger partial charge < -0.3 is 15.2 Å². The number of ether oxygens (including phenoxy) is 1. The van der Waals surface area contributed by atoms with E-state index in [4.69, 9.17) is 4.74 Å². The molecule has 4 rings (SSSR count). The molecule has 2 amide bonds. The fourth-order valence-corrected chi connectivity index (χ4v) is 6.10. The number of hydrogen-bond acceptors (Lipinski definition) is 11. The number of aliphatic hydroxyl groups excluding tert-OH is 1. The number of nitrogens with one attached hydrogen (secondary N) is 2. The molecule has 2 heterocycles. The van der Waals surface area contributed by atoms with E-state index in [2.05, 4.69) is 31.0 Å². The van der Waals surface area contributed by atoms with E-state index in [-0.39, 0.29) is 5.91 Å². The Morgan fingerprint density at radius 3 is 2.03 bits per heavy atom. The maximum atomic E-state index is 12.8. The number of anilines is 2. The lowest BCUT2D eigenvalue weighted by Crippen LogP contribution is -2.26. The molecule has 39 heavy (non-hydrogen) atoms. The molecule has 2 atom stereocenters. The Balaban J connectivity index is 1.16. The van der Waals surface area contributed by atoms with Crippen molar-refractivity contribution in [2.24, 2.45) is 0 Å². The number of thioether (sulfide) groups is 1. The maximum Gasteiger partial charge on any atom is 0.260 e. The van der Waals surface area contributed by atoms with Gasteiger partial charge in [0.1, 0.15) is 10.0 Å². The van der Waals surface area contributed by atoms with Crippen LogP contribution < -0.4 is 10.6 Å². The van der Waals surface area contributed by atoms with Gasteiger partial charge in [-0.2, -0.15) is 11.8 Å². The standard InChI is InChI=1S/C26H28N6O4S3/c1-17(33)36-23(19-10-6-3-7-11-19)24(35)28-26-32-30-22(39-26)13-15-37-14-12-21-29-31-25(38-21)27-20(34)16-18-8-4-2-5-9-18/h2-11,17,23,33H,12-16H2,1H3,(H,27,31,34)(H,28,32,35)/t17?,23-/m0/s1. The molecular weight excluding hydrogens is 557 g/mol. The Morgan fingerprint density at radius 2 is 1.44 bits per heavy atom. The van der Waals surface area contributed by atoms with Gasteiger partial charge in [-0.15, -0.1) is 20.4 Å². The first-order chi connectivity index (χ1) is 19.0. The van der Waals surface area contributed by atoms with Crippen molar-refractivity contribution in [1.82, 2.24) is 20.4 Å². The number of nitrogens with zero attached hydrogens (tertiary/aromatic N) is 4. The van der Waals surface area contributed by atoms with E-state index < -0.39 is 18.3 Å². The average Bonchev–Trinajstić information content (AvgIpc) is 3.57. The summed E-state index contributed by atoms with van der Waals surface area (Å²) in [7, 11) is 0. The number of aryl methyl sites for hydroxylation is 2. The van der Waals surface area contributed by atoms with Crippen LogP contribution in [0.25, 0.3) is 0 Å². The van der Waals surface area contributed by atoms with Crippen molar-refractivity contribution < 1.29 is 19.4 Å². The summed E-state index contributed by atoms with van der Waals surface area (Å²) >= 11 is 4.45. The Labute approximate surface area is 238 Å². The van der Waals surface area contributed by atoms with Crippen molar-refractivity contribution in [2.75, 3.05) is 22.1 Å². The first kappa shape index (κ1) is 28.8. The van der Waals surface area contributed by atoms with Crippen molar-refractivity contribution in [3.8, 4) is 0 Å². The average molecular weight is 585 g/mol. The summed E-state index contributed by atoms with van der Waals surface area (Å²) in [4.78, 5) is 25.0. The molecule has 0 aliphatic heterocycles. The highest BCUT2D eigenvalue weighted by Gasteiger charge is 2.24. The fourth-order valence-electron chi connectivity index (χ4n) is 3.46. The van der Waals surface area contributed by atoms with Gasteiger partial charge in [0.15, 0.2) is 12.4 Å². The number of aliphatic hydroxyl groups is 1. The second kappa shape index (κ2) is 14.8. The first-order valence-corrected chi connectivity index (χ1v) is 15.0. The third kappa shape index (κ3) is 9.48. The predicted molar refractivity (Wildman–Crippen MR) is 154 cm³/mol. The molecule has 0 radical (unpaired) electrons. The number of aromatic nitrogens is 4. The van der Waals surface area contributed by atoms with Gasteiger partial charge >= 0.3 is 0 Å². The zero-order valence-corrected chi connectivity index (χ0v) is 23.6. The maximum absolute atomic E-state index is 12.8. The van der Waals surface area contributed by atoms with E-state index in [1.807, 2.05) is 36.4 Å². The molecule has 0 spiro atoms. The van der Waals surface area contributed by atoms with Gasteiger partial charge in [0.2, 0.25) is 16.2 Å². The molecular formula is C26H28N6O4S3. The summed E-state index contributed by atoms with van der Waals surface area (Å²) in [5.74, 6) is 1.15. The molecule has 0 fully saturated rings. The quantitative estimate of drug-likeness (QED) is 0.147. The van der Waals surface area contributed by atoms with Crippen LogP contribution >= 0.6 is 34.4 Å². The van der Waals surface area contributed by atoms with Gasteiger partial charge in [-0.05, 0) is 29.6 Å². The van der Waals surface area contributed by atoms with Crippen LogP contribution in [0.5, 0.6) is 0 Å². The summed E-state index contributed by atoms with van der Waals surface area (Å²) in [6, 6.07) is 18.5. The van der Waals surface area contributed by atoms with E-state index >= 15 is 0 Å². The molecule has 0 bridgehead atoms. The third-order valence-electron chi connectivity index (χ3n) is 5.21. The van der Waals surface area contributed by atoms with E-state index in [0.29, 0.717) is 28.7 Å². The molecule has 13 heteroatoms. The molecule has 0 aliphatic rings. The molecule has 1 unspecified atom stereocenters. The molecule has 0 saturated carbocycles. The number of benzene rings is 2. The molecule has 2 aromatic heterocycles. The van der Waals surface area contributed by atoms with Gasteiger partial charge in [0.05, 0.1) is 6.42 Å². The van der Waals surface area contributed by atoms with Crippen LogP contribution in [0.15, 0.2) is 60.7 Å². The smallest absolute Gasteiger partial charge is 0.260 e. The summed E-state index contributed by atoms with van der Waals surface area (Å²) in [6.07, 6.45) is -0.314. The van der Waals surface area contributed by atoms with Crippen molar-refractivity contribution in [2.45, 2.75) is 38.6 Å². The van der Waals surface area contributed by atoms with Crippen molar-refractivity contribution in [3.05, 3.63) is 81.8 Å². The van der Waals surface area contributed by atoms with E-state index in [1.54, 1.807) is 36.0 Å². The Morgan fingerprint density at radius 1 is 0.872 bits per heavy atom. The molecule has 2 aromatic carbocycles. The van der Waals surface area contributed by atoms with Gasteiger partial charge in [-0.3, -0.25) is 14.9 Å². The van der Waals surface area contributed by atoms with Crippen LogP contribution in [0.2, 0.25) is 0 Å². The monoisotopic (exact) mass is 584 g/mol. The summed E-state index contributed by atoms with van der Waals surface area (Å²) in [6.45, 7) is 1.46. The van der Waals surface area contributed by atoms with Crippen LogP contribution in [-0.2, 0) is 33.6 Å². The second-order valence-corrected chi connectivity index (χ2v) is 11.7. The number of amides is 2. The minimum absolute atomic E-state index is 0.114. The fraction of sp³-hybridized carbons (Fsp3) is 0.308. The van der Waals surface area contributed by atoms with Gasteiger partial charge in [0.25, 0.3) is 5.91 Å². The van der Waals surface area contributed by atoms with Crippen molar-refractivity contribution in [1.29, 1.82) is 0 Å². The number of carbonyl (C=O) groups is 2. The lowest BCUT2D eigenvalue weighted by molar-refractivity contribution is -0.152. The molecule has 204 valence electrons. The highest BCUT2D eigenvalue weighted by atomic mass is 32.2. The van der Waals surface area contributed by atoms with Crippen LogP contribution in [0, 0.1) is 0 Å². The highest BCUT2D eigenvalue weighted by molar-refractivity contribution is 7.99. The van der Waals surface area contributed by atoms with Gasteiger partial charge in [-0.25, -0.2) is 0 Å². The minimum atomic E-state index is -1.10. The lowest BCUT2D eigenvalue weighted by atomic mass is 10.1. The largest absolute Gasteiger partial charge is 0.368 e. The van der Waals surface area contributed by atoms with Crippen LogP contribution in [0.4, 0.5) is 10.3 Å². The van der Waals surface area contributed by atoms with E-state index in [9.17, 15) is 14.7 Å². The molecule has 0 saturated heterocycles. The first-order valence-electron chi connectivity index (χ1n) is 12.2. The van der Waals surface area contributed by atoms with Crippen LogP contribution in [0.3, 0.4) is 0 Å². The summed E-state index contributed by atoms with van der Waals surface area (Å²) < 4.78 is 5.42. The predicted octanol–water partition coefficient (Wildman–Crippen LogP) is 4.12. The summed E-state index contributed by atoms with van der Waals surface area (Å²) in [5, 5.41) is 34.2. The lowest BCUT2D eigenvalue weighted by Gasteiger charge is -2.18. The normalized spacial score (nSPS) is 12.6. The minimum Gasteiger partial charge on any atom is -0.368 e. The summed E-state index contributed by atoms with van der Waals surface area (Å²) in [5.41, 5.74) is 1.58. The Kier molecular flexibility index (Phi) is 10.9. The number of hydrogen-bond donors (Lipinski definition) is 3. The third-order valence-corrected chi connectivity index (χ3v) is 7.99. The second-order valence-electron chi connectivity index (χ2n) is 8.34. The molecule has 3 N–H and O–H groups in total. The van der Waals surface area contributed by atoms with Crippen LogP contribution in [0.1, 0.15) is 34.2 Å². The van der Waals surface area contributed by atoms with Gasteiger partial charge in [0, 0.05) is 12.8 Å². The number of rotatable bonds is 14. The Bertz CT molecular complexity index is 1330. The van der Waals surface area contributed by atoms with Crippen molar-refractivity contribution in [3.63, 3.8) is 0 Å². The SMILES string of the molecule is CC(O)O[C@H](C(=O)Nc1nnc(CCSCCc2nnc(NC(=O)Cc3ccccc3)s2)s1)c1ccccc1.